The van der Waals surface area contributed by atoms with E-state index in [-0.39, 0.29) is 17.8 Å². The molecular weight excluding hydrogens is 390 g/mol. The Morgan fingerprint density at radius 2 is 2.10 bits per heavy atom. The number of pyridine rings is 1. The van der Waals surface area contributed by atoms with Crippen LogP contribution in [0, 0.1) is 6.92 Å². The first kappa shape index (κ1) is 19.7. The van der Waals surface area contributed by atoms with E-state index in [9.17, 15) is 9.59 Å². The van der Waals surface area contributed by atoms with Crippen molar-refractivity contribution in [3.8, 4) is 0 Å². The number of carbonyl (C=O) groups excluding carboxylic acids is 1. The van der Waals surface area contributed by atoms with E-state index in [2.05, 4.69) is 34.0 Å². The predicted molar refractivity (Wildman–Crippen MR) is 112 cm³/mol. The molecule has 1 fully saturated rings. The fourth-order valence-electron chi connectivity index (χ4n) is 3.58. The van der Waals surface area contributed by atoms with Gasteiger partial charge in [-0.3, -0.25) is 24.2 Å². The standard InChI is InChI=1S/C20H23N5O3S/c1-12-4-5-25-17(6-12)21-7-16(19(25)27)18(26)23-20-22-15(11-29-20)10-24-8-13(2)28-14(3)9-24/h4-7,11,13-14H,8-10H2,1-3H3,(H,22,23,26). The predicted octanol–water partition coefficient (Wildman–Crippen LogP) is 2.32. The van der Waals surface area contributed by atoms with E-state index in [0.29, 0.717) is 17.3 Å². The highest BCUT2D eigenvalue weighted by atomic mass is 32.1. The number of hydrogen-bond donors (Lipinski definition) is 1. The molecule has 152 valence electrons. The van der Waals surface area contributed by atoms with E-state index in [1.807, 2.05) is 12.3 Å². The second-order valence-corrected chi connectivity index (χ2v) is 8.32. The lowest BCUT2D eigenvalue weighted by Gasteiger charge is -2.34. The van der Waals surface area contributed by atoms with Gasteiger partial charge in [-0.2, -0.15) is 0 Å². The minimum Gasteiger partial charge on any atom is -0.373 e. The van der Waals surface area contributed by atoms with Gasteiger partial charge < -0.3 is 4.74 Å². The van der Waals surface area contributed by atoms with Crippen LogP contribution < -0.4 is 10.9 Å². The topological polar surface area (TPSA) is 88.8 Å². The summed E-state index contributed by atoms with van der Waals surface area (Å²) in [5, 5.41) is 5.11. The van der Waals surface area contributed by atoms with E-state index < -0.39 is 11.5 Å². The summed E-state index contributed by atoms with van der Waals surface area (Å²) >= 11 is 1.34. The molecule has 2 unspecified atom stereocenters. The SMILES string of the molecule is Cc1ccn2c(=O)c(C(=O)Nc3nc(CN4CC(C)OC(C)C4)cs3)cnc2c1. The third-order valence-corrected chi connectivity index (χ3v) is 5.57. The molecule has 0 radical (unpaired) electrons. The number of aryl methyl sites for hydroxylation is 1. The first-order valence-electron chi connectivity index (χ1n) is 9.50. The summed E-state index contributed by atoms with van der Waals surface area (Å²) in [6.07, 6.45) is 3.32. The third kappa shape index (κ3) is 4.36. The lowest BCUT2D eigenvalue weighted by atomic mass is 10.2. The van der Waals surface area contributed by atoms with Gasteiger partial charge in [0.1, 0.15) is 11.2 Å². The summed E-state index contributed by atoms with van der Waals surface area (Å²) in [6, 6.07) is 3.60. The van der Waals surface area contributed by atoms with Gasteiger partial charge in [0.2, 0.25) is 0 Å². The fraction of sp³-hybridized carbons (Fsp3) is 0.400. The van der Waals surface area contributed by atoms with Gasteiger partial charge in [0.25, 0.3) is 11.5 Å². The molecule has 1 aliphatic rings. The largest absolute Gasteiger partial charge is 0.373 e. The van der Waals surface area contributed by atoms with E-state index in [4.69, 9.17) is 4.74 Å². The summed E-state index contributed by atoms with van der Waals surface area (Å²) in [5.74, 6) is -0.507. The van der Waals surface area contributed by atoms with Gasteiger partial charge >= 0.3 is 0 Å². The quantitative estimate of drug-likeness (QED) is 0.706. The highest BCUT2D eigenvalue weighted by Gasteiger charge is 2.23. The molecule has 29 heavy (non-hydrogen) atoms. The number of aromatic nitrogens is 3. The van der Waals surface area contributed by atoms with Crippen molar-refractivity contribution in [1.82, 2.24) is 19.3 Å². The minimum atomic E-state index is -0.507. The van der Waals surface area contributed by atoms with Crippen LogP contribution in [-0.2, 0) is 11.3 Å². The molecule has 0 aliphatic carbocycles. The van der Waals surface area contributed by atoms with Gasteiger partial charge in [-0.25, -0.2) is 9.97 Å². The maximum absolute atomic E-state index is 12.6. The van der Waals surface area contributed by atoms with E-state index in [0.717, 1.165) is 24.3 Å². The number of ether oxygens (including phenoxy) is 1. The van der Waals surface area contributed by atoms with Gasteiger partial charge in [-0.1, -0.05) is 0 Å². The second kappa shape index (κ2) is 8.02. The number of carbonyl (C=O) groups is 1. The van der Waals surface area contributed by atoms with Crippen molar-refractivity contribution in [2.75, 3.05) is 18.4 Å². The number of amides is 1. The summed E-state index contributed by atoms with van der Waals surface area (Å²) < 4.78 is 7.13. The number of rotatable bonds is 4. The first-order chi connectivity index (χ1) is 13.9. The van der Waals surface area contributed by atoms with Crippen molar-refractivity contribution in [3.63, 3.8) is 0 Å². The molecule has 3 aromatic rings. The maximum Gasteiger partial charge on any atom is 0.270 e. The van der Waals surface area contributed by atoms with Crippen LogP contribution in [0.15, 0.2) is 34.7 Å². The molecule has 1 N–H and O–H groups in total. The Balaban J connectivity index is 1.47. The van der Waals surface area contributed by atoms with Crippen molar-refractivity contribution in [1.29, 1.82) is 0 Å². The molecular formula is C20H23N5O3S. The number of hydrogen-bond acceptors (Lipinski definition) is 7. The van der Waals surface area contributed by atoms with Crippen LogP contribution in [0.5, 0.6) is 0 Å². The minimum absolute atomic E-state index is 0.0149. The van der Waals surface area contributed by atoms with Crippen molar-refractivity contribution in [2.24, 2.45) is 0 Å². The van der Waals surface area contributed by atoms with Crippen molar-refractivity contribution in [2.45, 2.75) is 39.5 Å². The van der Waals surface area contributed by atoms with Crippen LogP contribution in [0.4, 0.5) is 5.13 Å². The smallest absolute Gasteiger partial charge is 0.270 e. The summed E-state index contributed by atoms with van der Waals surface area (Å²) in [6.45, 7) is 8.44. The van der Waals surface area contributed by atoms with Crippen molar-refractivity contribution in [3.05, 3.63) is 57.1 Å². The molecule has 1 amide bonds. The van der Waals surface area contributed by atoms with Gasteiger partial charge in [-0.05, 0) is 38.5 Å². The fourth-order valence-corrected chi connectivity index (χ4v) is 4.27. The monoisotopic (exact) mass is 413 g/mol. The molecule has 0 saturated carbocycles. The average molecular weight is 414 g/mol. The van der Waals surface area contributed by atoms with E-state index in [1.54, 1.807) is 18.3 Å². The van der Waals surface area contributed by atoms with Crippen molar-refractivity contribution < 1.29 is 9.53 Å². The zero-order valence-corrected chi connectivity index (χ0v) is 17.4. The van der Waals surface area contributed by atoms with Crippen LogP contribution in [0.25, 0.3) is 5.65 Å². The number of morpholine rings is 1. The number of anilines is 1. The van der Waals surface area contributed by atoms with Gasteiger partial charge in [0.05, 0.1) is 17.9 Å². The molecule has 1 saturated heterocycles. The molecule has 0 aromatic carbocycles. The third-order valence-electron chi connectivity index (χ3n) is 4.76. The number of thiazole rings is 1. The van der Waals surface area contributed by atoms with Crippen LogP contribution >= 0.6 is 11.3 Å². The normalized spacial score (nSPS) is 20.1. The molecule has 0 spiro atoms. The van der Waals surface area contributed by atoms with Crippen LogP contribution in [0.3, 0.4) is 0 Å². The molecule has 8 nitrogen and oxygen atoms in total. The number of nitrogens with one attached hydrogen (secondary N) is 1. The molecule has 3 aromatic heterocycles. The number of fused-ring (bicyclic) bond motifs is 1. The van der Waals surface area contributed by atoms with Gasteiger partial charge in [0, 0.05) is 37.4 Å². The highest BCUT2D eigenvalue weighted by molar-refractivity contribution is 7.13. The zero-order valence-electron chi connectivity index (χ0n) is 16.6. The zero-order chi connectivity index (χ0) is 20.5. The van der Waals surface area contributed by atoms with Crippen LogP contribution in [0.2, 0.25) is 0 Å². The molecule has 9 heteroatoms. The average Bonchev–Trinajstić information content (AvgIpc) is 3.07. The first-order valence-corrected chi connectivity index (χ1v) is 10.4. The Bertz CT molecular complexity index is 1100. The molecule has 0 bridgehead atoms. The number of nitrogens with zero attached hydrogens (tertiary/aromatic N) is 4. The molecule has 4 rings (SSSR count). The van der Waals surface area contributed by atoms with E-state index in [1.165, 1.54) is 21.9 Å². The molecule has 4 heterocycles. The Hall–Kier alpha value is -2.62. The van der Waals surface area contributed by atoms with Gasteiger partial charge in [-0.15, -0.1) is 11.3 Å². The highest BCUT2D eigenvalue weighted by Crippen LogP contribution is 2.19. The van der Waals surface area contributed by atoms with Crippen LogP contribution in [0.1, 0.15) is 35.5 Å². The van der Waals surface area contributed by atoms with Gasteiger partial charge in [0.15, 0.2) is 5.13 Å². The lowest BCUT2D eigenvalue weighted by Crippen LogP contribution is -2.44. The maximum atomic E-state index is 12.6. The Morgan fingerprint density at radius 3 is 2.86 bits per heavy atom. The second-order valence-electron chi connectivity index (χ2n) is 7.46. The van der Waals surface area contributed by atoms with Crippen LogP contribution in [-0.4, -0.2) is 50.5 Å². The molecule has 2 atom stereocenters. The Kier molecular flexibility index (Phi) is 5.44. The lowest BCUT2D eigenvalue weighted by molar-refractivity contribution is -0.0707. The Labute approximate surface area is 172 Å². The van der Waals surface area contributed by atoms with Crippen molar-refractivity contribution >= 4 is 28.0 Å². The molecule has 1 aliphatic heterocycles. The summed E-state index contributed by atoms with van der Waals surface area (Å²) in [5.41, 5.74) is 1.97. The Morgan fingerprint density at radius 1 is 1.34 bits per heavy atom. The summed E-state index contributed by atoms with van der Waals surface area (Å²) in [7, 11) is 0. The van der Waals surface area contributed by atoms with E-state index >= 15 is 0 Å². The summed E-state index contributed by atoms with van der Waals surface area (Å²) in [4.78, 5) is 36.3.